The van der Waals surface area contributed by atoms with Crippen molar-refractivity contribution in [2.45, 2.75) is 31.5 Å². The van der Waals surface area contributed by atoms with Gasteiger partial charge >= 0.3 is 6.18 Å². The average Bonchev–Trinajstić information content (AvgIpc) is 2.92. The first kappa shape index (κ1) is 19.8. The third kappa shape index (κ3) is 4.33. The Morgan fingerprint density at radius 1 is 1.07 bits per heavy atom. The fourth-order valence-corrected chi connectivity index (χ4v) is 4.31. The van der Waals surface area contributed by atoms with E-state index in [0.717, 1.165) is 35.7 Å². The normalized spacial score (nSPS) is 17.4. The molecule has 1 aromatic heterocycles. The third-order valence-corrected chi connectivity index (χ3v) is 6.50. The SMILES string of the molecule is Cc1nc(CN2CCN(S(=O)(=O)c3ccc(C(F)(F)F)cc3)CC2)oc1C. The molecule has 0 atom stereocenters. The second-order valence-electron chi connectivity index (χ2n) is 6.45. The lowest BCUT2D eigenvalue weighted by molar-refractivity contribution is -0.137. The summed E-state index contributed by atoms with van der Waals surface area (Å²) in [5, 5.41) is 0. The van der Waals surface area contributed by atoms with Crippen molar-refractivity contribution < 1.29 is 26.0 Å². The molecule has 1 fully saturated rings. The molecule has 27 heavy (non-hydrogen) atoms. The number of hydrogen-bond donors (Lipinski definition) is 0. The Labute approximate surface area is 155 Å². The van der Waals surface area contributed by atoms with Gasteiger partial charge in [-0.3, -0.25) is 4.90 Å². The quantitative estimate of drug-likeness (QED) is 0.786. The number of halogens is 3. The summed E-state index contributed by atoms with van der Waals surface area (Å²) >= 11 is 0. The minimum absolute atomic E-state index is 0.136. The van der Waals surface area contributed by atoms with Gasteiger partial charge in [0.2, 0.25) is 15.9 Å². The van der Waals surface area contributed by atoms with Crippen molar-refractivity contribution >= 4 is 10.0 Å². The molecule has 10 heteroatoms. The van der Waals surface area contributed by atoms with Crippen LogP contribution in [0.3, 0.4) is 0 Å². The molecule has 2 aromatic rings. The Balaban J connectivity index is 1.64. The van der Waals surface area contributed by atoms with Crippen LogP contribution in [0.4, 0.5) is 13.2 Å². The number of hydrogen-bond acceptors (Lipinski definition) is 5. The molecule has 0 spiro atoms. The first-order chi connectivity index (χ1) is 12.6. The van der Waals surface area contributed by atoms with Crippen LogP contribution in [0.1, 0.15) is 22.9 Å². The van der Waals surface area contributed by atoms with E-state index in [-0.39, 0.29) is 18.0 Å². The average molecular weight is 403 g/mol. The summed E-state index contributed by atoms with van der Waals surface area (Å²) in [7, 11) is -3.82. The van der Waals surface area contributed by atoms with Gasteiger partial charge in [0.15, 0.2) is 0 Å². The van der Waals surface area contributed by atoms with E-state index in [2.05, 4.69) is 4.98 Å². The zero-order chi connectivity index (χ0) is 19.8. The minimum atomic E-state index is -4.50. The summed E-state index contributed by atoms with van der Waals surface area (Å²) in [4.78, 5) is 6.21. The predicted molar refractivity (Wildman–Crippen MR) is 91.5 cm³/mol. The summed E-state index contributed by atoms with van der Waals surface area (Å²) in [6.07, 6.45) is -4.50. The number of aromatic nitrogens is 1. The van der Waals surface area contributed by atoms with Gasteiger partial charge in [0.1, 0.15) is 5.76 Å². The summed E-state index contributed by atoms with van der Waals surface area (Å²) in [6, 6.07) is 3.58. The number of nitrogens with zero attached hydrogens (tertiary/aromatic N) is 3. The maximum absolute atomic E-state index is 12.7. The highest BCUT2D eigenvalue weighted by atomic mass is 32.2. The zero-order valence-electron chi connectivity index (χ0n) is 15.0. The topological polar surface area (TPSA) is 66.7 Å². The molecule has 0 radical (unpaired) electrons. The molecule has 0 N–H and O–H groups in total. The summed E-state index contributed by atoms with van der Waals surface area (Å²) < 4.78 is 70.1. The van der Waals surface area contributed by atoms with Crippen LogP contribution < -0.4 is 0 Å². The molecule has 3 rings (SSSR count). The highest BCUT2D eigenvalue weighted by molar-refractivity contribution is 7.89. The molecular formula is C17H20F3N3O3S. The fraction of sp³-hybridized carbons (Fsp3) is 0.471. The Bertz CT molecular complexity index is 880. The van der Waals surface area contributed by atoms with Gasteiger partial charge in [0.25, 0.3) is 0 Å². The van der Waals surface area contributed by atoms with Crippen LogP contribution in [0.15, 0.2) is 33.6 Å². The number of sulfonamides is 1. The van der Waals surface area contributed by atoms with E-state index in [1.54, 1.807) is 0 Å². The summed E-state index contributed by atoms with van der Waals surface area (Å²) in [5.41, 5.74) is -0.0451. The molecule has 0 unspecified atom stereocenters. The second kappa shape index (κ2) is 7.25. The van der Waals surface area contributed by atoms with Crippen LogP contribution in [0, 0.1) is 13.8 Å². The van der Waals surface area contributed by atoms with Gasteiger partial charge < -0.3 is 4.42 Å². The van der Waals surface area contributed by atoms with E-state index in [9.17, 15) is 21.6 Å². The third-order valence-electron chi connectivity index (χ3n) is 4.58. The first-order valence-electron chi connectivity index (χ1n) is 8.40. The molecule has 0 aliphatic carbocycles. The van der Waals surface area contributed by atoms with E-state index in [1.807, 2.05) is 18.7 Å². The van der Waals surface area contributed by atoms with E-state index < -0.39 is 21.8 Å². The molecule has 1 aliphatic heterocycles. The lowest BCUT2D eigenvalue weighted by Gasteiger charge is -2.33. The van der Waals surface area contributed by atoms with Crippen molar-refractivity contribution in [3.8, 4) is 0 Å². The molecule has 1 aliphatic rings. The van der Waals surface area contributed by atoms with Crippen molar-refractivity contribution in [2.75, 3.05) is 26.2 Å². The molecule has 1 aromatic carbocycles. The summed E-state index contributed by atoms with van der Waals surface area (Å²) in [6.45, 7) is 5.66. The van der Waals surface area contributed by atoms with Gasteiger partial charge in [0, 0.05) is 26.2 Å². The van der Waals surface area contributed by atoms with Gasteiger partial charge in [-0.1, -0.05) is 0 Å². The Morgan fingerprint density at radius 3 is 2.15 bits per heavy atom. The minimum Gasteiger partial charge on any atom is -0.444 e. The van der Waals surface area contributed by atoms with Crippen LogP contribution in [0.5, 0.6) is 0 Å². The molecule has 0 saturated carbocycles. The first-order valence-corrected chi connectivity index (χ1v) is 9.84. The molecule has 2 heterocycles. The van der Waals surface area contributed by atoms with Gasteiger partial charge in [0.05, 0.1) is 22.7 Å². The highest BCUT2D eigenvalue weighted by Gasteiger charge is 2.32. The van der Waals surface area contributed by atoms with Gasteiger partial charge in [-0.05, 0) is 38.1 Å². The Morgan fingerprint density at radius 2 is 1.67 bits per heavy atom. The van der Waals surface area contributed by atoms with E-state index in [0.29, 0.717) is 25.5 Å². The van der Waals surface area contributed by atoms with Crippen LogP contribution >= 0.6 is 0 Å². The number of benzene rings is 1. The van der Waals surface area contributed by atoms with Gasteiger partial charge in [-0.2, -0.15) is 17.5 Å². The van der Waals surface area contributed by atoms with Crippen LogP contribution in [-0.4, -0.2) is 48.8 Å². The van der Waals surface area contributed by atoms with E-state index >= 15 is 0 Å². The lowest BCUT2D eigenvalue weighted by atomic mass is 10.2. The predicted octanol–water partition coefficient (Wildman–Crippen LogP) is 2.82. The smallest absolute Gasteiger partial charge is 0.416 e. The molecule has 148 valence electrons. The van der Waals surface area contributed by atoms with Crippen molar-refractivity contribution in [1.82, 2.24) is 14.2 Å². The largest absolute Gasteiger partial charge is 0.444 e. The number of rotatable bonds is 4. The van der Waals surface area contributed by atoms with E-state index in [1.165, 1.54) is 4.31 Å². The molecule has 1 saturated heterocycles. The van der Waals surface area contributed by atoms with Crippen molar-refractivity contribution in [3.63, 3.8) is 0 Å². The molecule has 0 amide bonds. The van der Waals surface area contributed by atoms with E-state index in [4.69, 9.17) is 4.42 Å². The lowest BCUT2D eigenvalue weighted by Crippen LogP contribution is -2.48. The Kier molecular flexibility index (Phi) is 5.33. The highest BCUT2D eigenvalue weighted by Crippen LogP contribution is 2.30. The number of piperazine rings is 1. The van der Waals surface area contributed by atoms with Crippen molar-refractivity contribution in [1.29, 1.82) is 0 Å². The van der Waals surface area contributed by atoms with Gasteiger partial charge in [-0.25, -0.2) is 13.4 Å². The number of oxazole rings is 1. The van der Waals surface area contributed by atoms with Crippen LogP contribution in [0.25, 0.3) is 0 Å². The molecular weight excluding hydrogens is 383 g/mol. The number of aryl methyl sites for hydroxylation is 2. The molecule has 0 bridgehead atoms. The summed E-state index contributed by atoms with van der Waals surface area (Å²) in [5.74, 6) is 1.34. The second-order valence-corrected chi connectivity index (χ2v) is 8.39. The maximum Gasteiger partial charge on any atom is 0.416 e. The fourth-order valence-electron chi connectivity index (χ4n) is 2.89. The van der Waals surface area contributed by atoms with Crippen molar-refractivity contribution in [2.24, 2.45) is 0 Å². The van der Waals surface area contributed by atoms with Crippen molar-refractivity contribution in [3.05, 3.63) is 47.2 Å². The number of alkyl halides is 3. The zero-order valence-corrected chi connectivity index (χ0v) is 15.8. The van der Waals surface area contributed by atoms with Crippen LogP contribution in [-0.2, 0) is 22.7 Å². The van der Waals surface area contributed by atoms with Gasteiger partial charge in [-0.15, -0.1) is 0 Å². The van der Waals surface area contributed by atoms with Crippen LogP contribution in [0.2, 0.25) is 0 Å². The monoisotopic (exact) mass is 403 g/mol. The maximum atomic E-state index is 12.7. The standard InChI is InChI=1S/C17H20F3N3O3S/c1-12-13(2)26-16(21-12)11-22-7-9-23(10-8-22)27(24,25)15-5-3-14(4-6-15)17(18,19)20/h3-6H,7-11H2,1-2H3. The Hall–Kier alpha value is -1.91. The molecule has 6 nitrogen and oxygen atoms in total.